The van der Waals surface area contributed by atoms with Crippen LogP contribution < -0.4 is 5.32 Å². The summed E-state index contributed by atoms with van der Waals surface area (Å²) in [7, 11) is 0. The van der Waals surface area contributed by atoms with Gasteiger partial charge in [-0.3, -0.25) is 4.98 Å². The first-order valence-corrected chi connectivity index (χ1v) is 5.79. The van der Waals surface area contributed by atoms with Gasteiger partial charge in [0.15, 0.2) is 0 Å². The lowest BCUT2D eigenvalue weighted by Gasteiger charge is -2.26. The zero-order valence-corrected chi connectivity index (χ0v) is 8.82. The molecule has 1 saturated heterocycles. The molecule has 0 bridgehead atoms. The van der Waals surface area contributed by atoms with Gasteiger partial charge in [-0.05, 0) is 48.9 Å². The summed E-state index contributed by atoms with van der Waals surface area (Å²) in [6.45, 7) is 1.17. The molecule has 0 spiro atoms. The van der Waals surface area contributed by atoms with E-state index >= 15 is 0 Å². The third kappa shape index (κ3) is 1.59. The Morgan fingerprint density at radius 1 is 1.33 bits per heavy atom. The summed E-state index contributed by atoms with van der Waals surface area (Å²) in [4.78, 5) is 4.21. The van der Waals surface area contributed by atoms with Gasteiger partial charge in [-0.1, -0.05) is 12.1 Å². The fourth-order valence-corrected chi connectivity index (χ4v) is 2.84. The maximum absolute atomic E-state index is 4.21. The van der Waals surface area contributed by atoms with Crippen LogP contribution in [0.15, 0.2) is 30.6 Å². The van der Waals surface area contributed by atoms with Gasteiger partial charge < -0.3 is 5.32 Å². The summed E-state index contributed by atoms with van der Waals surface area (Å²) in [6.07, 6.45) is 10.1. The van der Waals surface area contributed by atoms with Crippen molar-refractivity contribution in [3.63, 3.8) is 0 Å². The summed E-state index contributed by atoms with van der Waals surface area (Å²) in [5, 5.41) is 3.61. The Labute approximate surface area is 90.4 Å². The normalized spacial score (nSPS) is 29.7. The molecule has 2 unspecified atom stereocenters. The van der Waals surface area contributed by atoms with Crippen LogP contribution >= 0.6 is 0 Å². The van der Waals surface area contributed by atoms with Crippen LogP contribution in [0.2, 0.25) is 0 Å². The van der Waals surface area contributed by atoms with Crippen LogP contribution in [-0.4, -0.2) is 17.6 Å². The number of hydrogen-bond acceptors (Lipinski definition) is 2. The predicted molar refractivity (Wildman–Crippen MR) is 61.3 cm³/mol. The molecular weight excluding hydrogens is 184 g/mol. The first-order chi connectivity index (χ1) is 7.45. The zero-order valence-electron chi connectivity index (χ0n) is 8.82. The fraction of sp³-hybridized carbons (Fsp3) is 0.462. The minimum Gasteiger partial charge on any atom is -0.310 e. The van der Waals surface area contributed by atoms with Gasteiger partial charge in [-0.15, -0.1) is 0 Å². The predicted octanol–water partition coefficient (Wildman–Crippen LogP) is 2.24. The molecule has 1 fully saturated rings. The molecule has 2 aliphatic rings. The summed E-state index contributed by atoms with van der Waals surface area (Å²) >= 11 is 0. The largest absolute Gasteiger partial charge is 0.310 e. The van der Waals surface area contributed by atoms with Crippen LogP contribution in [0.3, 0.4) is 0 Å². The van der Waals surface area contributed by atoms with E-state index in [2.05, 4.69) is 22.4 Å². The van der Waals surface area contributed by atoms with Crippen molar-refractivity contribution in [2.24, 2.45) is 5.92 Å². The van der Waals surface area contributed by atoms with Gasteiger partial charge in [0.05, 0.1) is 0 Å². The lowest BCUT2D eigenvalue weighted by atomic mass is 9.82. The van der Waals surface area contributed by atoms with E-state index in [4.69, 9.17) is 0 Å². The van der Waals surface area contributed by atoms with E-state index in [1.807, 2.05) is 18.5 Å². The molecule has 2 heteroatoms. The number of fused-ring (bicyclic) bond motifs is 1. The molecule has 1 aromatic heterocycles. The van der Waals surface area contributed by atoms with E-state index in [9.17, 15) is 0 Å². The van der Waals surface area contributed by atoms with Crippen molar-refractivity contribution < 1.29 is 0 Å². The number of nitrogens with zero attached hydrogens (tertiary/aromatic N) is 1. The maximum atomic E-state index is 4.21. The number of rotatable bonds is 1. The number of pyridine rings is 1. The Bertz CT molecular complexity index is 369. The lowest BCUT2D eigenvalue weighted by molar-refractivity contribution is 0.470. The van der Waals surface area contributed by atoms with Gasteiger partial charge >= 0.3 is 0 Å². The second kappa shape index (κ2) is 3.78. The van der Waals surface area contributed by atoms with Crippen molar-refractivity contribution in [3.8, 4) is 0 Å². The zero-order chi connectivity index (χ0) is 10.1. The molecule has 2 heterocycles. The minimum atomic E-state index is 0.586. The lowest BCUT2D eigenvalue weighted by Crippen LogP contribution is -2.30. The summed E-state index contributed by atoms with van der Waals surface area (Å²) < 4.78 is 0. The smallest absolute Gasteiger partial charge is 0.0352 e. The van der Waals surface area contributed by atoms with Crippen LogP contribution in [0.25, 0.3) is 5.57 Å². The van der Waals surface area contributed by atoms with E-state index < -0.39 is 0 Å². The van der Waals surface area contributed by atoms with E-state index in [1.54, 1.807) is 0 Å². The highest BCUT2D eigenvalue weighted by molar-refractivity contribution is 5.70. The van der Waals surface area contributed by atoms with Crippen molar-refractivity contribution in [2.75, 3.05) is 6.54 Å². The van der Waals surface area contributed by atoms with Gasteiger partial charge in [0.1, 0.15) is 0 Å². The first kappa shape index (κ1) is 9.10. The Kier molecular flexibility index (Phi) is 2.29. The third-order valence-electron chi connectivity index (χ3n) is 3.58. The molecule has 2 nitrogen and oxygen atoms in total. The van der Waals surface area contributed by atoms with Gasteiger partial charge in [0.2, 0.25) is 0 Å². The van der Waals surface area contributed by atoms with Gasteiger partial charge in [0.25, 0.3) is 0 Å². The fourth-order valence-electron chi connectivity index (χ4n) is 2.84. The summed E-state index contributed by atoms with van der Waals surface area (Å²) in [6, 6.07) is 4.78. The van der Waals surface area contributed by atoms with E-state index in [-0.39, 0.29) is 0 Å². The minimum absolute atomic E-state index is 0.586. The molecule has 78 valence electrons. The molecule has 0 saturated carbocycles. The highest BCUT2D eigenvalue weighted by atomic mass is 15.0. The van der Waals surface area contributed by atoms with Crippen molar-refractivity contribution >= 4 is 5.57 Å². The highest BCUT2D eigenvalue weighted by Gasteiger charge is 2.32. The standard InChI is InChI=1S/C13H16N2/c1-3-10-6-8-15-13(10)12(5-1)11-4-2-7-14-9-11/h2,4-5,7,9-10,13,15H,1,3,6,8H2. The quantitative estimate of drug-likeness (QED) is 0.752. The van der Waals surface area contributed by atoms with E-state index in [1.165, 1.54) is 36.9 Å². The van der Waals surface area contributed by atoms with Crippen molar-refractivity contribution in [1.82, 2.24) is 10.3 Å². The average Bonchev–Trinajstić information content (AvgIpc) is 2.78. The molecule has 2 atom stereocenters. The van der Waals surface area contributed by atoms with Crippen LogP contribution in [0.4, 0.5) is 0 Å². The second-order valence-electron chi connectivity index (χ2n) is 4.46. The number of allylic oxidation sites excluding steroid dienone is 1. The molecule has 0 radical (unpaired) electrons. The highest BCUT2D eigenvalue weighted by Crippen LogP contribution is 2.35. The number of nitrogens with one attached hydrogen (secondary N) is 1. The third-order valence-corrected chi connectivity index (χ3v) is 3.58. The van der Waals surface area contributed by atoms with Crippen LogP contribution in [-0.2, 0) is 0 Å². The second-order valence-corrected chi connectivity index (χ2v) is 4.46. The van der Waals surface area contributed by atoms with E-state index in [0.717, 1.165) is 5.92 Å². The molecule has 3 rings (SSSR count). The van der Waals surface area contributed by atoms with E-state index in [0.29, 0.717) is 6.04 Å². The Hall–Kier alpha value is -1.15. The first-order valence-electron chi connectivity index (χ1n) is 5.79. The van der Waals surface area contributed by atoms with Gasteiger partial charge in [0, 0.05) is 18.4 Å². The molecule has 1 N–H and O–H groups in total. The summed E-state index contributed by atoms with van der Waals surface area (Å²) in [5.74, 6) is 0.852. The maximum Gasteiger partial charge on any atom is 0.0352 e. The SMILES string of the molecule is C1=C(c2cccnc2)C2NCCC2CC1. The molecule has 0 aromatic carbocycles. The number of aromatic nitrogens is 1. The molecule has 1 aliphatic heterocycles. The molecule has 1 aliphatic carbocycles. The molecule has 15 heavy (non-hydrogen) atoms. The van der Waals surface area contributed by atoms with Crippen LogP contribution in [0, 0.1) is 5.92 Å². The van der Waals surface area contributed by atoms with Crippen LogP contribution in [0.1, 0.15) is 24.8 Å². The van der Waals surface area contributed by atoms with Crippen molar-refractivity contribution in [3.05, 3.63) is 36.2 Å². The molecular formula is C13H16N2. The Balaban J connectivity index is 1.95. The summed E-state index contributed by atoms with van der Waals surface area (Å²) in [5.41, 5.74) is 2.76. The monoisotopic (exact) mass is 200 g/mol. The van der Waals surface area contributed by atoms with Crippen molar-refractivity contribution in [1.29, 1.82) is 0 Å². The Morgan fingerprint density at radius 2 is 2.33 bits per heavy atom. The van der Waals surface area contributed by atoms with Gasteiger partial charge in [-0.25, -0.2) is 0 Å². The number of hydrogen-bond donors (Lipinski definition) is 1. The topological polar surface area (TPSA) is 24.9 Å². The van der Waals surface area contributed by atoms with Crippen molar-refractivity contribution in [2.45, 2.75) is 25.3 Å². The van der Waals surface area contributed by atoms with Gasteiger partial charge in [-0.2, -0.15) is 0 Å². The Morgan fingerprint density at radius 3 is 3.20 bits per heavy atom. The average molecular weight is 200 g/mol. The molecule has 1 aromatic rings. The molecule has 0 amide bonds. The van der Waals surface area contributed by atoms with Crippen LogP contribution in [0.5, 0.6) is 0 Å².